The van der Waals surface area contributed by atoms with Gasteiger partial charge in [-0.05, 0) is 50.8 Å². The minimum absolute atomic E-state index is 0.00570. The molecule has 0 aromatic heterocycles. The lowest BCUT2D eigenvalue weighted by molar-refractivity contribution is -0.0630. The van der Waals surface area contributed by atoms with E-state index < -0.39 is 0 Å². The third-order valence-electron chi connectivity index (χ3n) is 3.75. The van der Waals surface area contributed by atoms with Crippen molar-refractivity contribution in [2.24, 2.45) is 0 Å². The molecule has 0 spiro atoms. The van der Waals surface area contributed by atoms with Crippen LogP contribution in [0.5, 0.6) is 5.75 Å². The molecule has 2 rings (SSSR count). The van der Waals surface area contributed by atoms with Crippen LogP contribution >= 0.6 is 0 Å². The Hall–Kier alpha value is -1.06. The molecule has 1 heterocycles. The minimum atomic E-state index is 0.00570. The van der Waals surface area contributed by atoms with Gasteiger partial charge in [0.1, 0.15) is 5.75 Å². The number of methoxy groups -OCH3 is 1. The van der Waals surface area contributed by atoms with Crippen LogP contribution in [0.2, 0.25) is 0 Å². The summed E-state index contributed by atoms with van der Waals surface area (Å²) in [5.74, 6) is 0.955. The first-order chi connectivity index (χ1) is 9.00. The average molecular weight is 263 g/mol. The molecule has 1 aromatic carbocycles. The minimum Gasteiger partial charge on any atom is -0.496 e. The SMILES string of the molecule is COc1ccc(CNC2CCOC(C)(C)C2)cc1C. The van der Waals surface area contributed by atoms with Crippen molar-refractivity contribution in [2.45, 2.75) is 51.8 Å². The fourth-order valence-electron chi connectivity index (χ4n) is 2.72. The van der Waals surface area contributed by atoms with Crippen LogP contribution in [0.3, 0.4) is 0 Å². The molecular weight excluding hydrogens is 238 g/mol. The Kier molecular flexibility index (Phi) is 4.48. The van der Waals surface area contributed by atoms with Gasteiger partial charge in [0.25, 0.3) is 0 Å². The monoisotopic (exact) mass is 263 g/mol. The van der Waals surface area contributed by atoms with Crippen LogP contribution < -0.4 is 10.1 Å². The second kappa shape index (κ2) is 5.93. The molecule has 0 saturated carbocycles. The Labute approximate surface area is 116 Å². The van der Waals surface area contributed by atoms with Gasteiger partial charge < -0.3 is 14.8 Å². The van der Waals surface area contributed by atoms with Crippen LogP contribution in [0.4, 0.5) is 0 Å². The molecule has 1 aromatic rings. The first-order valence-electron chi connectivity index (χ1n) is 7.01. The van der Waals surface area contributed by atoms with E-state index >= 15 is 0 Å². The van der Waals surface area contributed by atoms with E-state index in [9.17, 15) is 0 Å². The van der Waals surface area contributed by atoms with Gasteiger partial charge in [0, 0.05) is 19.2 Å². The van der Waals surface area contributed by atoms with Crippen molar-refractivity contribution in [3.8, 4) is 5.75 Å². The maximum absolute atomic E-state index is 5.74. The van der Waals surface area contributed by atoms with Crippen LogP contribution in [0.15, 0.2) is 18.2 Å². The molecule has 1 saturated heterocycles. The maximum atomic E-state index is 5.74. The highest BCUT2D eigenvalue weighted by atomic mass is 16.5. The molecule has 0 bridgehead atoms. The number of aryl methyl sites for hydroxylation is 1. The van der Waals surface area contributed by atoms with Crippen LogP contribution in [0.25, 0.3) is 0 Å². The molecule has 0 amide bonds. The number of hydrogen-bond donors (Lipinski definition) is 1. The van der Waals surface area contributed by atoms with Crippen molar-refractivity contribution >= 4 is 0 Å². The van der Waals surface area contributed by atoms with Crippen molar-refractivity contribution in [3.05, 3.63) is 29.3 Å². The molecule has 0 aliphatic carbocycles. The summed E-state index contributed by atoms with van der Waals surface area (Å²) in [5, 5.41) is 3.64. The molecule has 3 heteroatoms. The van der Waals surface area contributed by atoms with Gasteiger partial charge in [0.05, 0.1) is 12.7 Å². The molecule has 1 N–H and O–H groups in total. The normalized spacial score (nSPS) is 22.2. The standard InChI is InChI=1S/C16H25NO2/c1-12-9-13(5-6-15(12)18-4)11-17-14-7-8-19-16(2,3)10-14/h5-6,9,14,17H,7-8,10-11H2,1-4H3. The summed E-state index contributed by atoms with van der Waals surface area (Å²) in [5.41, 5.74) is 2.50. The number of rotatable bonds is 4. The molecule has 19 heavy (non-hydrogen) atoms. The van der Waals surface area contributed by atoms with E-state index in [0.717, 1.165) is 31.7 Å². The van der Waals surface area contributed by atoms with Crippen LogP contribution in [0.1, 0.15) is 37.8 Å². The summed E-state index contributed by atoms with van der Waals surface area (Å²) >= 11 is 0. The fraction of sp³-hybridized carbons (Fsp3) is 0.625. The zero-order valence-electron chi connectivity index (χ0n) is 12.5. The summed E-state index contributed by atoms with van der Waals surface area (Å²) in [6.45, 7) is 8.18. The molecular formula is C16H25NO2. The average Bonchev–Trinajstić information content (AvgIpc) is 2.35. The van der Waals surface area contributed by atoms with Gasteiger partial charge in [-0.2, -0.15) is 0 Å². The lowest BCUT2D eigenvalue weighted by atomic mass is 9.94. The largest absolute Gasteiger partial charge is 0.496 e. The number of nitrogens with one attached hydrogen (secondary N) is 1. The molecule has 3 nitrogen and oxygen atoms in total. The number of hydrogen-bond acceptors (Lipinski definition) is 3. The van der Waals surface area contributed by atoms with Crippen molar-refractivity contribution in [1.82, 2.24) is 5.32 Å². The molecule has 1 fully saturated rings. The van der Waals surface area contributed by atoms with E-state index in [4.69, 9.17) is 9.47 Å². The van der Waals surface area contributed by atoms with E-state index in [1.165, 1.54) is 11.1 Å². The molecule has 1 aliphatic rings. The van der Waals surface area contributed by atoms with E-state index in [1.807, 2.05) is 6.07 Å². The van der Waals surface area contributed by atoms with Gasteiger partial charge in [-0.15, -0.1) is 0 Å². The quantitative estimate of drug-likeness (QED) is 0.905. The van der Waals surface area contributed by atoms with Crippen LogP contribution in [-0.2, 0) is 11.3 Å². The van der Waals surface area contributed by atoms with Gasteiger partial charge in [-0.3, -0.25) is 0 Å². The predicted octanol–water partition coefficient (Wildman–Crippen LogP) is 3.05. The van der Waals surface area contributed by atoms with Gasteiger partial charge in [0.15, 0.2) is 0 Å². The van der Waals surface area contributed by atoms with E-state index in [-0.39, 0.29) is 5.60 Å². The van der Waals surface area contributed by atoms with Gasteiger partial charge in [-0.1, -0.05) is 12.1 Å². The molecule has 1 unspecified atom stereocenters. The van der Waals surface area contributed by atoms with Crippen LogP contribution in [0, 0.1) is 6.92 Å². The summed E-state index contributed by atoms with van der Waals surface area (Å²) in [6, 6.07) is 6.91. The highest BCUT2D eigenvalue weighted by molar-refractivity contribution is 5.36. The molecule has 1 atom stereocenters. The summed E-state index contributed by atoms with van der Waals surface area (Å²) in [7, 11) is 1.71. The third-order valence-corrected chi connectivity index (χ3v) is 3.75. The van der Waals surface area contributed by atoms with E-state index in [0.29, 0.717) is 6.04 Å². The summed E-state index contributed by atoms with van der Waals surface area (Å²) in [6.07, 6.45) is 2.17. The van der Waals surface area contributed by atoms with E-state index in [2.05, 4.69) is 38.2 Å². The van der Waals surface area contributed by atoms with Crippen LogP contribution in [-0.4, -0.2) is 25.4 Å². The third kappa shape index (κ3) is 3.95. The summed E-state index contributed by atoms with van der Waals surface area (Å²) in [4.78, 5) is 0. The maximum Gasteiger partial charge on any atom is 0.121 e. The van der Waals surface area contributed by atoms with Crippen molar-refractivity contribution in [1.29, 1.82) is 0 Å². The highest BCUT2D eigenvalue weighted by Gasteiger charge is 2.28. The lowest BCUT2D eigenvalue weighted by Gasteiger charge is -2.36. The Morgan fingerprint density at radius 2 is 2.21 bits per heavy atom. The lowest BCUT2D eigenvalue weighted by Crippen LogP contribution is -2.43. The van der Waals surface area contributed by atoms with Gasteiger partial charge in [-0.25, -0.2) is 0 Å². The Morgan fingerprint density at radius 1 is 1.42 bits per heavy atom. The Balaban J connectivity index is 1.90. The zero-order valence-corrected chi connectivity index (χ0v) is 12.5. The first kappa shape index (κ1) is 14.4. The van der Waals surface area contributed by atoms with Gasteiger partial charge >= 0.3 is 0 Å². The number of benzene rings is 1. The highest BCUT2D eigenvalue weighted by Crippen LogP contribution is 2.24. The van der Waals surface area contributed by atoms with Crippen molar-refractivity contribution in [3.63, 3.8) is 0 Å². The van der Waals surface area contributed by atoms with Crippen molar-refractivity contribution in [2.75, 3.05) is 13.7 Å². The van der Waals surface area contributed by atoms with Gasteiger partial charge in [0.2, 0.25) is 0 Å². The molecule has 1 aliphatic heterocycles. The Morgan fingerprint density at radius 3 is 2.84 bits per heavy atom. The fourth-order valence-corrected chi connectivity index (χ4v) is 2.72. The smallest absolute Gasteiger partial charge is 0.121 e. The van der Waals surface area contributed by atoms with Crippen molar-refractivity contribution < 1.29 is 9.47 Å². The molecule has 106 valence electrons. The first-order valence-corrected chi connectivity index (χ1v) is 7.01. The summed E-state index contributed by atoms with van der Waals surface area (Å²) < 4.78 is 11.0. The second-order valence-corrected chi connectivity index (χ2v) is 5.98. The topological polar surface area (TPSA) is 30.5 Å². The molecule has 0 radical (unpaired) electrons. The second-order valence-electron chi connectivity index (χ2n) is 5.98. The predicted molar refractivity (Wildman–Crippen MR) is 77.6 cm³/mol. The van der Waals surface area contributed by atoms with E-state index in [1.54, 1.807) is 7.11 Å². The number of ether oxygens (including phenoxy) is 2. The Bertz CT molecular complexity index is 429. The zero-order chi connectivity index (χ0) is 13.9.